The molecule has 0 amide bonds. The maximum atomic E-state index is 11.5. The molecule has 0 fully saturated rings. The van der Waals surface area contributed by atoms with Gasteiger partial charge in [0.15, 0.2) is 5.56 Å². The summed E-state index contributed by atoms with van der Waals surface area (Å²) in [4.78, 5) is 11.2. The first kappa shape index (κ1) is 15.5. The van der Waals surface area contributed by atoms with Gasteiger partial charge in [-0.3, -0.25) is 9.17 Å². The highest BCUT2D eigenvalue weighted by Gasteiger charge is 2.17. The Hall–Kier alpha value is -1.86. The summed E-state index contributed by atoms with van der Waals surface area (Å²) in [6.45, 7) is 1.53. The quantitative estimate of drug-likeness (QED) is 0.779. The van der Waals surface area contributed by atoms with Gasteiger partial charge in [0.25, 0.3) is 5.56 Å². The molecule has 7 nitrogen and oxygen atoms in total. The lowest BCUT2D eigenvalue weighted by Gasteiger charge is -2.10. The van der Waals surface area contributed by atoms with Gasteiger partial charge >= 0.3 is 0 Å². The largest absolute Gasteiger partial charge is 0.345 e. The van der Waals surface area contributed by atoms with Gasteiger partial charge in [-0.15, -0.1) is 0 Å². The lowest BCUT2D eigenvalue weighted by molar-refractivity contribution is 0.597. The fourth-order valence-corrected chi connectivity index (χ4v) is 3.45. The summed E-state index contributed by atoms with van der Waals surface area (Å²) < 4.78 is 25.5. The predicted octanol–water partition coefficient (Wildman–Crippen LogP) is 1.66. The molecule has 0 saturated heterocycles. The van der Waals surface area contributed by atoms with Crippen LogP contribution in [0, 0.1) is 18.3 Å². The summed E-state index contributed by atoms with van der Waals surface area (Å²) in [5.41, 5.74) is 0.0255. The number of halogens is 1. The van der Waals surface area contributed by atoms with E-state index in [4.69, 9.17) is 22.0 Å². The number of aromatic amines is 1. The molecule has 2 rings (SSSR count). The molecule has 0 bridgehead atoms. The van der Waals surface area contributed by atoms with E-state index in [0.717, 1.165) is 11.5 Å². The van der Waals surface area contributed by atoms with Gasteiger partial charge in [0, 0.05) is 10.7 Å². The molecule has 0 unspecified atom stereocenters. The van der Waals surface area contributed by atoms with Gasteiger partial charge in [0.1, 0.15) is 11.1 Å². The standard InChI is InChI=1S/C11H9ClN4O3S2/c1-5-8(12)2-6(3-9(5)21(14,18)19)15-11-7(4-13)10(17)16-20-11/h2-3,15H,1H3,(H,16,17)(H2,14,18,19). The van der Waals surface area contributed by atoms with Crippen molar-refractivity contribution >= 4 is 43.8 Å². The zero-order chi connectivity index (χ0) is 15.8. The van der Waals surface area contributed by atoms with Crippen molar-refractivity contribution < 1.29 is 8.42 Å². The third kappa shape index (κ3) is 3.08. The van der Waals surface area contributed by atoms with Crippen molar-refractivity contribution in [3.63, 3.8) is 0 Å². The number of hydrogen-bond acceptors (Lipinski definition) is 6. The first-order chi connectivity index (χ1) is 9.74. The second kappa shape index (κ2) is 5.50. The minimum atomic E-state index is -3.94. The van der Waals surface area contributed by atoms with Gasteiger partial charge in [-0.1, -0.05) is 11.6 Å². The van der Waals surface area contributed by atoms with Crippen molar-refractivity contribution in [1.82, 2.24) is 4.37 Å². The number of sulfonamides is 1. The van der Waals surface area contributed by atoms with Crippen LogP contribution in [-0.4, -0.2) is 12.8 Å². The Balaban J connectivity index is 2.54. The van der Waals surface area contributed by atoms with E-state index in [1.165, 1.54) is 19.1 Å². The van der Waals surface area contributed by atoms with E-state index >= 15 is 0 Å². The lowest BCUT2D eigenvalue weighted by atomic mass is 10.2. The van der Waals surface area contributed by atoms with Gasteiger partial charge in [-0.05, 0) is 36.2 Å². The molecule has 1 heterocycles. The average molecular weight is 345 g/mol. The highest BCUT2D eigenvalue weighted by atomic mass is 35.5. The molecule has 0 radical (unpaired) electrons. The summed E-state index contributed by atoms with van der Waals surface area (Å²) in [5, 5.41) is 17.3. The Labute approximate surface area is 129 Å². The average Bonchev–Trinajstić information content (AvgIpc) is 2.72. The molecule has 110 valence electrons. The van der Waals surface area contributed by atoms with Gasteiger partial charge < -0.3 is 5.32 Å². The van der Waals surface area contributed by atoms with Gasteiger partial charge in [0.05, 0.1) is 4.90 Å². The molecular weight excluding hydrogens is 336 g/mol. The number of nitrogens with two attached hydrogens (primary N) is 1. The second-order valence-electron chi connectivity index (χ2n) is 4.10. The van der Waals surface area contributed by atoms with Crippen molar-refractivity contribution in [2.24, 2.45) is 5.14 Å². The number of H-pyrrole nitrogens is 1. The summed E-state index contributed by atoms with van der Waals surface area (Å²) in [5.74, 6) is 0. The number of aromatic nitrogens is 1. The molecular formula is C11H9ClN4O3S2. The Kier molecular flexibility index (Phi) is 4.06. The zero-order valence-corrected chi connectivity index (χ0v) is 13.0. The smallest absolute Gasteiger partial charge is 0.278 e. The molecule has 0 aliphatic carbocycles. The maximum absolute atomic E-state index is 11.5. The van der Waals surface area contributed by atoms with Gasteiger partial charge in [-0.25, -0.2) is 13.6 Å². The van der Waals surface area contributed by atoms with E-state index in [1.807, 2.05) is 0 Å². The summed E-state index contributed by atoms with van der Waals surface area (Å²) in [6.07, 6.45) is 0. The Morgan fingerprint density at radius 2 is 2.14 bits per heavy atom. The molecule has 0 atom stereocenters. The zero-order valence-electron chi connectivity index (χ0n) is 10.6. The topological polar surface area (TPSA) is 129 Å². The molecule has 1 aromatic carbocycles. The SMILES string of the molecule is Cc1c(Cl)cc(Nc2s[nH]c(=O)c2C#N)cc1S(N)(=O)=O. The fraction of sp³-hybridized carbons (Fsp3) is 0.0909. The summed E-state index contributed by atoms with van der Waals surface area (Å²) >= 11 is 6.90. The summed E-state index contributed by atoms with van der Waals surface area (Å²) in [6, 6.07) is 4.54. The van der Waals surface area contributed by atoms with Crippen LogP contribution in [0.1, 0.15) is 11.1 Å². The van der Waals surface area contributed by atoms with E-state index in [-0.39, 0.29) is 20.5 Å². The van der Waals surface area contributed by atoms with Crippen LogP contribution in [-0.2, 0) is 10.0 Å². The molecule has 0 aliphatic heterocycles. The highest BCUT2D eigenvalue weighted by molar-refractivity contribution is 7.89. The minimum Gasteiger partial charge on any atom is -0.345 e. The van der Waals surface area contributed by atoms with Crippen LogP contribution in [0.15, 0.2) is 21.8 Å². The fourth-order valence-electron chi connectivity index (χ4n) is 1.64. The molecule has 10 heteroatoms. The third-order valence-corrected chi connectivity index (χ3v) is 4.90. The van der Waals surface area contributed by atoms with Crippen LogP contribution in [0.5, 0.6) is 0 Å². The van der Waals surface area contributed by atoms with Crippen LogP contribution in [0.25, 0.3) is 0 Å². The highest BCUT2D eigenvalue weighted by Crippen LogP contribution is 2.30. The van der Waals surface area contributed by atoms with Crippen molar-refractivity contribution in [1.29, 1.82) is 5.26 Å². The van der Waals surface area contributed by atoms with Gasteiger partial charge in [0.2, 0.25) is 10.0 Å². The minimum absolute atomic E-state index is 0.0890. The number of nitriles is 1. The first-order valence-electron chi connectivity index (χ1n) is 5.45. The number of anilines is 2. The maximum Gasteiger partial charge on any atom is 0.278 e. The van der Waals surface area contributed by atoms with Crippen molar-refractivity contribution in [3.8, 4) is 6.07 Å². The predicted molar refractivity (Wildman–Crippen MR) is 80.5 cm³/mol. The van der Waals surface area contributed by atoms with E-state index in [9.17, 15) is 13.2 Å². The van der Waals surface area contributed by atoms with Crippen LogP contribution >= 0.6 is 23.1 Å². The number of hydrogen-bond donors (Lipinski definition) is 3. The van der Waals surface area contributed by atoms with Crippen LogP contribution in [0.3, 0.4) is 0 Å². The van der Waals surface area contributed by atoms with Gasteiger partial charge in [-0.2, -0.15) is 5.26 Å². The monoisotopic (exact) mass is 344 g/mol. The number of benzene rings is 1. The second-order valence-corrected chi connectivity index (χ2v) is 6.85. The number of nitrogens with one attached hydrogen (secondary N) is 2. The van der Waals surface area contributed by atoms with Crippen molar-refractivity contribution in [2.75, 3.05) is 5.32 Å². The third-order valence-electron chi connectivity index (χ3n) is 2.67. The Morgan fingerprint density at radius 1 is 1.48 bits per heavy atom. The molecule has 0 aliphatic rings. The Morgan fingerprint density at radius 3 is 2.71 bits per heavy atom. The molecule has 0 spiro atoms. The number of primary sulfonamides is 1. The number of rotatable bonds is 3. The summed E-state index contributed by atoms with van der Waals surface area (Å²) in [7, 11) is -3.94. The first-order valence-corrected chi connectivity index (χ1v) is 8.19. The van der Waals surface area contributed by atoms with Crippen LogP contribution < -0.4 is 16.0 Å². The molecule has 21 heavy (non-hydrogen) atoms. The molecule has 0 saturated carbocycles. The van der Waals surface area contributed by atoms with Crippen molar-refractivity contribution in [2.45, 2.75) is 11.8 Å². The van der Waals surface area contributed by atoms with E-state index in [2.05, 4.69) is 9.69 Å². The molecule has 1 aromatic heterocycles. The van der Waals surface area contributed by atoms with E-state index in [1.54, 1.807) is 6.07 Å². The number of nitrogens with zero attached hydrogens (tertiary/aromatic N) is 1. The van der Waals surface area contributed by atoms with E-state index in [0.29, 0.717) is 11.3 Å². The van der Waals surface area contributed by atoms with Crippen LogP contribution in [0.4, 0.5) is 10.7 Å². The normalized spacial score (nSPS) is 11.1. The molecule has 4 N–H and O–H groups in total. The van der Waals surface area contributed by atoms with Crippen LogP contribution in [0.2, 0.25) is 5.02 Å². The lowest BCUT2D eigenvalue weighted by Crippen LogP contribution is -2.14. The molecule has 2 aromatic rings. The van der Waals surface area contributed by atoms with E-state index < -0.39 is 15.6 Å². The van der Waals surface area contributed by atoms with Crippen molar-refractivity contribution in [3.05, 3.63) is 38.6 Å². The Bertz CT molecular complexity index is 909.